The third kappa shape index (κ3) is 3.24. The number of fused-ring (bicyclic) bond motifs is 3. The van der Waals surface area contributed by atoms with Crippen molar-refractivity contribution in [3.8, 4) is 0 Å². The van der Waals surface area contributed by atoms with Crippen LogP contribution in [0.25, 0.3) is 0 Å². The number of carbonyl (C=O) groups is 1. The van der Waals surface area contributed by atoms with Gasteiger partial charge in [0.2, 0.25) is 0 Å². The molecule has 1 aromatic carbocycles. The van der Waals surface area contributed by atoms with E-state index in [0.29, 0.717) is 22.6 Å². The van der Waals surface area contributed by atoms with Crippen LogP contribution in [-0.2, 0) is 0 Å². The highest BCUT2D eigenvalue weighted by atomic mass is 32.1. The molecule has 1 unspecified atom stereocenters. The van der Waals surface area contributed by atoms with Gasteiger partial charge in [0, 0.05) is 18.2 Å². The third-order valence-corrected chi connectivity index (χ3v) is 4.81. The van der Waals surface area contributed by atoms with Crippen molar-refractivity contribution >= 4 is 23.2 Å². The van der Waals surface area contributed by atoms with Gasteiger partial charge in [0.1, 0.15) is 0 Å². The maximum absolute atomic E-state index is 12.2. The second-order valence-corrected chi connectivity index (χ2v) is 6.40. The molecule has 0 aromatic heterocycles. The molecular weight excluding hydrogens is 282 g/mol. The Morgan fingerprint density at radius 3 is 2.62 bits per heavy atom. The summed E-state index contributed by atoms with van der Waals surface area (Å²) < 4.78 is 0. The number of carbonyl (C=O) groups excluding carboxylic acids is 1. The van der Waals surface area contributed by atoms with Gasteiger partial charge in [-0.3, -0.25) is 10.1 Å². The molecule has 4 rings (SSSR count). The Labute approximate surface area is 130 Å². The Balaban J connectivity index is 1.57. The standard InChI is InChI=1S/C16H21N3OS/c1-11-4-2-3-5-13(11)15(20)18-16(21)17-14-10-19-8-6-12(14)7-9-19/h2-5,12,14H,6-10H2,1H3,(H2,17,18,20,21). The second-order valence-electron chi connectivity index (χ2n) is 5.99. The lowest BCUT2D eigenvalue weighted by atomic mass is 9.84. The topological polar surface area (TPSA) is 44.4 Å². The number of nitrogens with one attached hydrogen (secondary N) is 2. The van der Waals surface area contributed by atoms with Crippen molar-refractivity contribution in [1.82, 2.24) is 15.5 Å². The van der Waals surface area contributed by atoms with Crippen molar-refractivity contribution in [2.45, 2.75) is 25.8 Å². The maximum atomic E-state index is 12.2. The quantitative estimate of drug-likeness (QED) is 0.816. The minimum absolute atomic E-state index is 0.133. The van der Waals surface area contributed by atoms with Crippen LogP contribution in [-0.4, -0.2) is 41.6 Å². The van der Waals surface area contributed by atoms with Gasteiger partial charge in [0.25, 0.3) is 5.91 Å². The molecule has 3 heterocycles. The maximum Gasteiger partial charge on any atom is 0.257 e. The van der Waals surface area contributed by atoms with Crippen LogP contribution in [0.4, 0.5) is 0 Å². The van der Waals surface area contributed by atoms with Gasteiger partial charge in [-0.25, -0.2) is 0 Å². The van der Waals surface area contributed by atoms with Gasteiger partial charge in [-0.1, -0.05) is 18.2 Å². The molecule has 0 radical (unpaired) electrons. The van der Waals surface area contributed by atoms with E-state index < -0.39 is 0 Å². The van der Waals surface area contributed by atoms with Crippen molar-refractivity contribution in [3.63, 3.8) is 0 Å². The second kappa shape index (κ2) is 6.12. The molecule has 2 N–H and O–H groups in total. The number of aryl methyl sites for hydroxylation is 1. The first-order valence-electron chi connectivity index (χ1n) is 7.53. The van der Waals surface area contributed by atoms with Crippen molar-refractivity contribution in [2.24, 2.45) is 5.92 Å². The number of thiocarbonyl (C=S) groups is 1. The number of hydrogen-bond donors (Lipinski definition) is 2. The van der Waals surface area contributed by atoms with Gasteiger partial charge >= 0.3 is 0 Å². The summed E-state index contributed by atoms with van der Waals surface area (Å²) in [6.45, 7) is 5.36. The molecule has 1 atom stereocenters. The van der Waals surface area contributed by atoms with Crippen LogP contribution < -0.4 is 10.6 Å². The third-order valence-electron chi connectivity index (χ3n) is 4.59. The summed E-state index contributed by atoms with van der Waals surface area (Å²) in [5, 5.41) is 6.58. The average molecular weight is 303 g/mol. The Hall–Kier alpha value is -1.46. The Morgan fingerprint density at radius 1 is 1.29 bits per heavy atom. The van der Waals surface area contributed by atoms with E-state index in [1.54, 1.807) is 0 Å². The lowest BCUT2D eigenvalue weighted by Gasteiger charge is -2.45. The predicted molar refractivity (Wildman–Crippen MR) is 87.3 cm³/mol. The SMILES string of the molecule is Cc1ccccc1C(=O)NC(=S)NC1CN2CCC1CC2. The fourth-order valence-corrected chi connectivity index (χ4v) is 3.58. The van der Waals surface area contributed by atoms with Gasteiger partial charge < -0.3 is 10.2 Å². The largest absolute Gasteiger partial charge is 0.358 e. The molecule has 0 spiro atoms. The highest BCUT2D eigenvalue weighted by Gasteiger charge is 2.34. The molecule has 0 saturated carbocycles. The number of piperidine rings is 3. The van der Waals surface area contributed by atoms with E-state index in [1.165, 1.54) is 25.9 Å². The molecule has 21 heavy (non-hydrogen) atoms. The fourth-order valence-electron chi connectivity index (χ4n) is 3.33. The van der Waals surface area contributed by atoms with Crippen LogP contribution in [0.3, 0.4) is 0 Å². The van der Waals surface area contributed by atoms with E-state index in [1.807, 2.05) is 31.2 Å². The highest BCUT2D eigenvalue weighted by molar-refractivity contribution is 7.80. The summed E-state index contributed by atoms with van der Waals surface area (Å²) in [5.41, 5.74) is 1.64. The number of nitrogens with zero attached hydrogens (tertiary/aromatic N) is 1. The number of amides is 1. The van der Waals surface area contributed by atoms with E-state index >= 15 is 0 Å². The van der Waals surface area contributed by atoms with Crippen molar-refractivity contribution in [2.75, 3.05) is 19.6 Å². The zero-order chi connectivity index (χ0) is 14.8. The highest BCUT2D eigenvalue weighted by Crippen LogP contribution is 2.27. The molecular formula is C16H21N3OS. The number of hydrogen-bond acceptors (Lipinski definition) is 3. The molecule has 4 nitrogen and oxygen atoms in total. The molecule has 112 valence electrons. The number of benzene rings is 1. The van der Waals surface area contributed by atoms with E-state index in [4.69, 9.17) is 12.2 Å². The van der Waals surface area contributed by atoms with E-state index in [-0.39, 0.29) is 5.91 Å². The van der Waals surface area contributed by atoms with E-state index in [0.717, 1.165) is 12.1 Å². The lowest BCUT2D eigenvalue weighted by molar-refractivity contribution is 0.0807. The Kier molecular flexibility index (Phi) is 4.22. The Morgan fingerprint density at radius 2 is 2.00 bits per heavy atom. The minimum atomic E-state index is -0.133. The summed E-state index contributed by atoms with van der Waals surface area (Å²) in [7, 11) is 0. The summed E-state index contributed by atoms with van der Waals surface area (Å²) in [4.78, 5) is 14.7. The summed E-state index contributed by atoms with van der Waals surface area (Å²) in [5.74, 6) is 0.551. The summed E-state index contributed by atoms with van der Waals surface area (Å²) in [6, 6.07) is 7.92. The normalized spacial score (nSPS) is 27.2. The molecule has 2 bridgehead atoms. The zero-order valence-electron chi connectivity index (χ0n) is 12.3. The average Bonchev–Trinajstić information content (AvgIpc) is 2.48. The van der Waals surface area contributed by atoms with Gasteiger partial charge in [-0.15, -0.1) is 0 Å². The smallest absolute Gasteiger partial charge is 0.257 e. The molecule has 3 saturated heterocycles. The van der Waals surface area contributed by atoms with Crippen LogP contribution in [0.5, 0.6) is 0 Å². The van der Waals surface area contributed by atoms with Crippen LogP contribution >= 0.6 is 12.2 Å². The van der Waals surface area contributed by atoms with E-state index in [2.05, 4.69) is 15.5 Å². The predicted octanol–water partition coefficient (Wildman–Crippen LogP) is 1.69. The Bertz CT molecular complexity index is 552. The molecule has 3 fully saturated rings. The van der Waals surface area contributed by atoms with Gasteiger partial charge in [-0.2, -0.15) is 0 Å². The first kappa shape index (κ1) is 14.5. The van der Waals surface area contributed by atoms with E-state index in [9.17, 15) is 4.79 Å². The molecule has 0 aliphatic carbocycles. The molecule has 1 aromatic rings. The van der Waals surface area contributed by atoms with Crippen LogP contribution in [0.15, 0.2) is 24.3 Å². The first-order valence-corrected chi connectivity index (χ1v) is 7.94. The molecule has 5 heteroatoms. The monoisotopic (exact) mass is 303 g/mol. The van der Waals surface area contributed by atoms with Crippen LogP contribution in [0.2, 0.25) is 0 Å². The lowest BCUT2D eigenvalue weighted by Crippen LogP contribution is -2.59. The molecule has 3 aliphatic rings. The molecule has 3 aliphatic heterocycles. The van der Waals surface area contributed by atoms with Crippen molar-refractivity contribution in [3.05, 3.63) is 35.4 Å². The van der Waals surface area contributed by atoms with Crippen molar-refractivity contribution < 1.29 is 4.79 Å². The summed E-state index contributed by atoms with van der Waals surface area (Å²) >= 11 is 5.31. The first-order chi connectivity index (χ1) is 10.1. The zero-order valence-corrected chi connectivity index (χ0v) is 13.1. The number of rotatable bonds is 2. The van der Waals surface area contributed by atoms with Crippen LogP contribution in [0.1, 0.15) is 28.8 Å². The van der Waals surface area contributed by atoms with Gasteiger partial charge in [0.05, 0.1) is 0 Å². The van der Waals surface area contributed by atoms with Gasteiger partial charge in [0.15, 0.2) is 5.11 Å². The van der Waals surface area contributed by atoms with Gasteiger partial charge in [-0.05, 0) is 62.6 Å². The molecule has 1 amide bonds. The summed E-state index contributed by atoms with van der Waals surface area (Å²) in [6.07, 6.45) is 2.46. The van der Waals surface area contributed by atoms with Crippen molar-refractivity contribution in [1.29, 1.82) is 0 Å². The fraction of sp³-hybridized carbons (Fsp3) is 0.500. The van der Waals surface area contributed by atoms with Crippen LogP contribution in [0, 0.1) is 12.8 Å². The minimum Gasteiger partial charge on any atom is -0.358 e.